The Hall–Kier alpha value is -1.80. The van der Waals surface area contributed by atoms with Gasteiger partial charge in [0.15, 0.2) is 0 Å². The van der Waals surface area contributed by atoms with E-state index in [1.807, 2.05) is 36.4 Å². The van der Waals surface area contributed by atoms with Crippen LogP contribution < -0.4 is 10.1 Å². The van der Waals surface area contributed by atoms with Gasteiger partial charge in [0.2, 0.25) is 0 Å². The summed E-state index contributed by atoms with van der Waals surface area (Å²) >= 11 is 0. The molecule has 1 N–H and O–H groups in total. The number of hydrogen-bond donors (Lipinski definition) is 1. The Kier molecular flexibility index (Phi) is 4.99. The van der Waals surface area contributed by atoms with Crippen LogP contribution in [0.25, 0.3) is 0 Å². The fourth-order valence-electron chi connectivity index (χ4n) is 1.84. The zero-order chi connectivity index (χ0) is 13.5. The van der Waals surface area contributed by atoms with Gasteiger partial charge in [-0.15, -0.1) is 0 Å². The minimum absolute atomic E-state index is 0.474. The van der Waals surface area contributed by atoms with Gasteiger partial charge in [-0.2, -0.15) is 0 Å². The number of rotatable bonds is 6. The maximum atomic E-state index is 5.92. The molecule has 0 aliphatic carbocycles. The summed E-state index contributed by atoms with van der Waals surface area (Å²) in [5, 5.41) is 3.42. The predicted molar refractivity (Wildman–Crippen MR) is 79.2 cm³/mol. The molecule has 2 rings (SSSR count). The molecule has 0 fully saturated rings. The molecule has 0 heterocycles. The van der Waals surface area contributed by atoms with Gasteiger partial charge in [-0.3, -0.25) is 0 Å². The van der Waals surface area contributed by atoms with Crippen LogP contribution in [0.4, 0.5) is 0 Å². The molecular formula is C17H21NO. The number of ether oxygens (including phenoxy) is 1. The molecule has 0 radical (unpaired) electrons. The minimum atomic E-state index is 0.474. The smallest absolute Gasteiger partial charge is 0.124 e. The van der Waals surface area contributed by atoms with Crippen LogP contribution in [0, 0.1) is 0 Å². The standard InChI is InChI=1S/C17H21NO/c1-14(2)18-12-16-10-6-7-11-17(16)19-13-15-8-4-3-5-9-15/h3-11,14,18H,12-13H2,1-2H3. The lowest BCUT2D eigenvalue weighted by Gasteiger charge is -2.13. The summed E-state index contributed by atoms with van der Waals surface area (Å²) in [6.07, 6.45) is 0. The third kappa shape index (κ3) is 4.42. The van der Waals surface area contributed by atoms with Gasteiger partial charge in [-0.25, -0.2) is 0 Å². The molecule has 0 atom stereocenters. The van der Waals surface area contributed by atoms with Crippen molar-refractivity contribution >= 4 is 0 Å². The summed E-state index contributed by atoms with van der Waals surface area (Å²) < 4.78 is 5.92. The third-order valence-corrected chi connectivity index (χ3v) is 2.91. The molecule has 0 bridgehead atoms. The molecule has 0 amide bonds. The summed E-state index contributed by atoms with van der Waals surface area (Å²) in [7, 11) is 0. The molecule has 19 heavy (non-hydrogen) atoms. The van der Waals surface area contributed by atoms with E-state index in [2.05, 4.69) is 37.4 Å². The van der Waals surface area contributed by atoms with Gasteiger partial charge in [-0.1, -0.05) is 62.4 Å². The zero-order valence-corrected chi connectivity index (χ0v) is 11.6. The van der Waals surface area contributed by atoms with Gasteiger partial charge < -0.3 is 10.1 Å². The monoisotopic (exact) mass is 255 g/mol. The van der Waals surface area contributed by atoms with Crippen molar-refractivity contribution in [3.8, 4) is 5.75 Å². The highest BCUT2D eigenvalue weighted by molar-refractivity contribution is 5.33. The second-order valence-electron chi connectivity index (χ2n) is 4.92. The molecule has 2 aromatic carbocycles. The van der Waals surface area contributed by atoms with E-state index in [9.17, 15) is 0 Å². The van der Waals surface area contributed by atoms with E-state index in [1.165, 1.54) is 11.1 Å². The summed E-state index contributed by atoms with van der Waals surface area (Å²) in [6, 6.07) is 18.9. The highest BCUT2D eigenvalue weighted by atomic mass is 16.5. The molecule has 0 unspecified atom stereocenters. The number of benzene rings is 2. The van der Waals surface area contributed by atoms with Gasteiger partial charge in [-0.05, 0) is 11.6 Å². The summed E-state index contributed by atoms with van der Waals surface area (Å²) in [4.78, 5) is 0. The average molecular weight is 255 g/mol. The Morgan fingerprint density at radius 1 is 0.947 bits per heavy atom. The topological polar surface area (TPSA) is 21.3 Å². The van der Waals surface area contributed by atoms with Crippen LogP contribution in [0.3, 0.4) is 0 Å². The Bertz CT molecular complexity index is 494. The van der Waals surface area contributed by atoms with Gasteiger partial charge in [0.1, 0.15) is 12.4 Å². The molecule has 0 aromatic heterocycles. The van der Waals surface area contributed by atoms with Crippen molar-refractivity contribution in [2.45, 2.75) is 33.0 Å². The van der Waals surface area contributed by atoms with Crippen LogP contribution in [-0.2, 0) is 13.2 Å². The summed E-state index contributed by atoms with van der Waals surface area (Å²) in [5.74, 6) is 0.958. The molecule has 0 saturated carbocycles. The maximum Gasteiger partial charge on any atom is 0.124 e. The van der Waals surface area contributed by atoms with Crippen LogP contribution in [-0.4, -0.2) is 6.04 Å². The SMILES string of the molecule is CC(C)NCc1ccccc1OCc1ccccc1. The van der Waals surface area contributed by atoms with Crippen LogP contribution in [0.1, 0.15) is 25.0 Å². The van der Waals surface area contributed by atoms with Gasteiger partial charge in [0, 0.05) is 18.2 Å². The summed E-state index contributed by atoms with van der Waals surface area (Å²) in [6.45, 7) is 5.74. The quantitative estimate of drug-likeness (QED) is 0.848. The van der Waals surface area contributed by atoms with Crippen LogP contribution in [0.15, 0.2) is 54.6 Å². The highest BCUT2D eigenvalue weighted by Crippen LogP contribution is 2.19. The molecule has 100 valence electrons. The molecule has 2 heteroatoms. The van der Waals surface area contributed by atoms with Crippen molar-refractivity contribution in [3.05, 3.63) is 65.7 Å². The molecule has 0 saturated heterocycles. The van der Waals surface area contributed by atoms with Gasteiger partial charge >= 0.3 is 0 Å². The fourth-order valence-corrected chi connectivity index (χ4v) is 1.84. The van der Waals surface area contributed by atoms with Gasteiger partial charge in [0.25, 0.3) is 0 Å². The first-order chi connectivity index (χ1) is 9.25. The first kappa shape index (κ1) is 13.6. The van der Waals surface area contributed by atoms with E-state index in [-0.39, 0.29) is 0 Å². The van der Waals surface area contributed by atoms with Crippen LogP contribution in [0.5, 0.6) is 5.75 Å². The Morgan fingerprint density at radius 2 is 1.63 bits per heavy atom. The van der Waals surface area contributed by atoms with E-state index >= 15 is 0 Å². The fraction of sp³-hybridized carbons (Fsp3) is 0.294. The minimum Gasteiger partial charge on any atom is -0.489 e. The zero-order valence-electron chi connectivity index (χ0n) is 11.6. The van der Waals surface area contributed by atoms with Crippen LogP contribution >= 0.6 is 0 Å². The first-order valence-electron chi connectivity index (χ1n) is 6.73. The molecule has 0 spiro atoms. The second kappa shape index (κ2) is 6.95. The Balaban J connectivity index is 1.99. The predicted octanol–water partition coefficient (Wildman–Crippen LogP) is 3.76. The van der Waals surface area contributed by atoms with E-state index in [1.54, 1.807) is 0 Å². The average Bonchev–Trinajstić information content (AvgIpc) is 2.45. The maximum absolute atomic E-state index is 5.92. The van der Waals surface area contributed by atoms with Crippen molar-refractivity contribution in [2.75, 3.05) is 0 Å². The molecule has 2 nitrogen and oxygen atoms in total. The van der Waals surface area contributed by atoms with Crippen molar-refractivity contribution in [1.29, 1.82) is 0 Å². The Labute approximate surface area is 115 Å². The second-order valence-corrected chi connectivity index (χ2v) is 4.92. The number of hydrogen-bond acceptors (Lipinski definition) is 2. The third-order valence-electron chi connectivity index (χ3n) is 2.91. The van der Waals surface area contributed by atoms with Crippen LogP contribution in [0.2, 0.25) is 0 Å². The van der Waals surface area contributed by atoms with Crippen molar-refractivity contribution in [1.82, 2.24) is 5.32 Å². The first-order valence-corrected chi connectivity index (χ1v) is 6.73. The lowest BCUT2D eigenvalue weighted by molar-refractivity contribution is 0.302. The largest absolute Gasteiger partial charge is 0.489 e. The van der Waals surface area contributed by atoms with Crippen molar-refractivity contribution in [2.24, 2.45) is 0 Å². The molecular weight excluding hydrogens is 234 g/mol. The molecule has 0 aliphatic heterocycles. The van der Waals surface area contributed by atoms with Crippen molar-refractivity contribution < 1.29 is 4.74 Å². The van der Waals surface area contributed by atoms with E-state index < -0.39 is 0 Å². The molecule has 2 aromatic rings. The lowest BCUT2D eigenvalue weighted by atomic mass is 10.2. The van der Waals surface area contributed by atoms with E-state index in [4.69, 9.17) is 4.74 Å². The van der Waals surface area contributed by atoms with E-state index in [0.717, 1.165) is 12.3 Å². The van der Waals surface area contributed by atoms with Crippen molar-refractivity contribution in [3.63, 3.8) is 0 Å². The lowest BCUT2D eigenvalue weighted by Crippen LogP contribution is -2.22. The normalized spacial score (nSPS) is 10.7. The number of para-hydroxylation sites is 1. The number of nitrogens with one attached hydrogen (secondary N) is 1. The molecule has 0 aliphatic rings. The Morgan fingerprint density at radius 3 is 2.37 bits per heavy atom. The van der Waals surface area contributed by atoms with Gasteiger partial charge in [0.05, 0.1) is 0 Å². The summed E-state index contributed by atoms with van der Waals surface area (Å²) in [5.41, 5.74) is 2.39. The highest BCUT2D eigenvalue weighted by Gasteiger charge is 2.03. The van der Waals surface area contributed by atoms with E-state index in [0.29, 0.717) is 12.6 Å².